The number of sulfonamides is 1. The Morgan fingerprint density at radius 3 is 2.65 bits per heavy atom. The Balaban J connectivity index is 1.65. The second-order valence-corrected chi connectivity index (χ2v) is 10.2. The number of benzene rings is 1. The number of fused-ring (bicyclic) bond motifs is 1. The highest BCUT2D eigenvalue weighted by Crippen LogP contribution is 2.32. The predicted octanol–water partition coefficient (Wildman–Crippen LogP) is 3.57. The lowest BCUT2D eigenvalue weighted by Gasteiger charge is -2.36. The predicted molar refractivity (Wildman–Crippen MR) is 108 cm³/mol. The quantitative estimate of drug-likeness (QED) is 0.699. The Morgan fingerprint density at radius 2 is 1.96 bits per heavy atom. The molecule has 0 spiro atoms. The third-order valence-electron chi connectivity index (χ3n) is 5.38. The van der Waals surface area contributed by atoms with E-state index in [9.17, 15) is 13.2 Å². The average Bonchev–Trinajstić information content (AvgIpc) is 2.65. The van der Waals surface area contributed by atoms with Gasteiger partial charge in [0.1, 0.15) is 0 Å². The molecule has 0 radical (unpaired) electrons. The third-order valence-corrected chi connectivity index (χ3v) is 7.83. The second kappa shape index (κ2) is 8.40. The number of anilines is 1. The fourth-order valence-corrected chi connectivity index (χ4v) is 5.94. The van der Waals surface area contributed by atoms with Crippen molar-refractivity contribution in [1.29, 1.82) is 0 Å². The van der Waals surface area contributed by atoms with E-state index in [0.29, 0.717) is 32.4 Å². The van der Waals surface area contributed by atoms with Crippen LogP contribution < -0.4 is 4.90 Å². The van der Waals surface area contributed by atoms with Crippen LogP contribution in [0.3, 0.4) is 0 Å². The molecule has 1 saturated heterocycles. The Kier molecular flexibility index (Phi) is 6.41. The molecule has 3 rings (SSSR count). The minimum absolute atomic E-state index is 0.0813. The van der Waals surface area contributed by atoms with Gasteiger partial charge in [-0.05, 0) is 55.9 Å². The van der Waals surface area contributed by atoms with Crippen molar-refractivity contribution in [3.63, 3.8) is 0 Å². The van der Waals surface area contributed by atoms with Crippen molar-refractivity contribution in [2.45, 2.75) is 45.4 Å². The van der Waals surface area contributed by atoms with Crippen LogP contribution in [0.1, 0.15) is 44.6 Å². The number of unbranched alkanes of at least 4 members (excludes halogenated alkanes) is 1. The first-order chi connectivity index (χ1) is 12.4. The van der Waals surface area contributed by atoms with Crippen molar-refractivity contribution >= 4 is 37.5 Å². The summed E-state index contributed by atoms with van der Waals surface area (Å²) >= 11 is 3.50. The maximum absolute atomic E-state index is 13.1. The van der Waals surface area contributed by atoms with Crippen LogP contribution in [0.5, 0.6) is 0 Å². The van der Waals surface area contributed by atoms with E-state index in [-0.39, 0.29) is 17.6 Å². The van der Waals surface area contributed by atoms with Crippen LogP contribution in [-0.4, -0.2) is 44.0 Å². The van der Waals surface area contributed by atoms with Gasteiger partial charge in [0.15, 0.2) is 0 Å². The standard InChI is InChI=1S/C19H27BrN2O3S/c1-2-3-13-26(24,25)21-11-8-15(9-12-21)19(23)22-10-4-5-16-14-17(20)6-7-18(16)22/h6-7,14-15H,2-5,8-13H2,1H3. The first-order valence-electron chi connectivity index (χ1n) is 9.50. The van der Waals surface area contributed by atoms with Crippen LogP contribution in [0.4, 0.5) is 5.69 Å². The topological polar surface area (TPSA) is 57.7 Å². The van der Waals surface area contributed by atoms with Crippen LogP contribution in [0.25, 0.3) is 0 Å². The number of hydrogen-bond donors (Lipinski definition) is 0. The van der Waals surface area contributed by atoms with Crippen LogP contribution in [-0.2, 0) is 21.2 Å². The minimum Gasteiger partial charge on any atom is -0.312 e. The Labute approximate surface area is 164 Å². The fraction of sp³-hybridized carbons (Fsp3) is 0.632. The summed E-state index contributed by atoms with van der Waals surface area (Å²) in [6.45, 7) is 3.67. The smallest absolute Gasteiger partial charge is 0.230 e. The molecule has 144 valence electrons. The van der Waals surface area contributed by atoms with E-state index in [1.165, 1.54) is 5.56 Å². The molecule has 1 aromatic carbocycles. The lowest BCUT2D eigenvalue weighted by Crippen LogP contribution is -2.46. The average molecular weight is 443 g/mol. The highest BCUT2D eigenvalue weighted by molar-refractivity contribution is 9.10. The molecule has 0 aromatic heterocycles. The molecule has 1 amide bonds. The second-order valence-electron chi connectivity index (χ2n) is 7.21. The maximum atomic E-state index is 13.1. The molecule has 7 heteroatoms. The third kappa shape index (κ3) is 4.31. The number of carbonyl (C=O) groups excluding carboxylic acids is 1. The molecular formula is C19H27BrN2O3S. The van der Waals surface area contributed by atoms with Crippen molar-refractivity contribution in [1.82, 2.24) is 4.31 Å². The highest BCUT2D eigenvalue weighted by Gasteiger charge is 2.34. The number of carbonyl (C=O) groups is 1. The number of aryl methyl sites for hydroxylation is 1. The number of amides is 1. The number of piperidine rings is 1. The van der Waals surface area contributed by atoms with Crippen molar-refractivity contribution in [3.8, 4) is 0 Å². The van der Waals surface area contributed by atoms with E-state index in [4.69, 9.17) is 0 Å². The van der Waals surface area contributed by atoms with Crippen LogP contribution in [0, 0.1) is 5.92 Å². The monoisotopic (exact) mass is 442 g/mol. The van der Waals surface area contributed by atoms with Gasteiger partial charge in [0.2, 0.25) is 15.9 Å². The van der Waals surface area contributed by atoms with Crippen LogP contribution >= 0.6 is 15.9 Å². The van der Waals surface area contributed by atoms with Crippen molar-refractivity contribution in [3.05, 3.63) is 28.2 Å². The Morgan fingerprint density at radius 1 is 1.23 bits per heavy atom. The molecule has 2 aliphatic heterocycles. The Hall–Kier alpha value is -0.920. The van der Waals surface area contributed by atoms with E-state index < -0.39 is 10.0 Å². The summed E-state index contributed by atoms with van der Waals surface area (Å²) in [5.74, 6) is 0.289. The zero-order valence-electron chi connectivity index (χ0n) is 15.3. The van der Waals surface area contributed by atoms with Gasteiger partial charge in [-0.25, -0.2) is 12.7 Å². The number of rotatable bonds is 5. The van der Waals surface area contributed by atoms with E-state index in [2.05, 4.69) is 22.0 Å². The van der Waals surface area contributed by atoms with Gasteiger partial charge in [-0.1, -0.05) is 29.3 Å². The normalized spacial score (nSPS) is 19.4. The molecule has 0 N–H and O–H groups in total. The fourth-order valence-electron chi connectivity index (χ4n) is 3.85. The molecule has 0 saturated carbocycles. The van der Waals surface area contributed by atoms with Gasteiger partial charge in [0.25, 0.3) is 0 Å². The highest BCUT2D eigenvalue weighted by atomic mass is 79.9. The summed E-state index contributed by atoms with van der Waals surface area (Å²) in [5, 5.41) is 0. The molecule has 0 bridgehead atoms. The molecule has 5 nitrogen and oxygen atoms in total. The van der Waals surface area contributed by atoms with E-state index in [1.807, 2.05) is 24.0 Å². The van der Waals surface area contributed by atoms with Gasteiger partial charge < -0.3 is 4.90 Å². The van der Waals surface area contributed by atoms with Crippen molar-refractivity contribution in [2.24, 2.45) is 5.92 Å². The molecule has 1 aromatic rings. The van der Waals surface area contributed by atoms with Gasteiger partial charge in [-0.2, -0.15) is 0 Å². The maximum Gasteiger partial charge on any atom is 0.230 e. The van der Waals surface area contributed by atoms with Gasteiger partial charge in [0.05, 0.1) is 5.75 Å². The van der Waals surface area contributed by atoms with E-state index in [0.717, 1.165) is 36.0 Å². The van der Waals surface area contributed by atoms with Gasteiger partial charge in [-0.3, -0.25) is 4.79 Å². The molecular weight excluding hydrogens is 416 g/mol. The van der Waals surface area contributed by atoms with Gasteiger partial charge in [0, 0.05) is 35.7 Å². The lowest BCUT2D eigenvalue weighted by molar-refractivity contribution is -0.123. The lowest BCUT2D eigenvalue weighted by atomic mass is 9.94. The molecule has 2 heterocycles. The summed E-state index contributed by atoms with van der Waals surface area (Å²) in [7, 11) is -3.17. The molecule has 1 fully saturated rings. The first-order valence-corrected chi connectivity index (χ1v) is 11.9. The zero-order valence-corrected chi connectivity index (χ0v) is 17.7. The summed E-state index contributed by atoms with van der Waals surface area (Å²) in [4.78, 5) is 15.0. The number of hydrogen-bond acceptors (Lipinski definition) is 3. The summed E-state index contributed by atoms with van der Waals surface area (Å²) in [6.07, 6.45) is 4.77. The van der Waals surface area contributed by atoms with Gasteiger partial charge >= 0.3 is 0 Å². The SMILES string of the molecule is CCCCS(=O)(=O)N1CCC(C(=O)N2CCCc3cc(Br)ccc32)CC1. The van der Waals surface area contributed by atoms with E-state index >= 15 is 0 Å². The molecule has 26 heavy (non-hydrogen) atoms. The molecule has 0 atom stereocenters. The molecule has 0 unspecified atom stereocenters. The van der Waals surface area contributed by atoms with Crippen molar-refractivity contribution in [2.75, 3.05) is 30.3 Å². The molecule has 2 aliphatic rings. The molecule has 0 aliphatic carbocycles. The summed E-state index contributed by atoms with van der Waals surface area (Å²) < 4.78 is 27.3. The van der Waals surface area contributed by atoms with Gasteiger partial charge in [-0.15, -0.1) is 0 Å². The summed E-state index contributed by atoms with van der Waals surface area (Å²) in [5.41, 5.74) is 2.22. The Bertz CT molecular complexity index is 758. The number of halogens is 1. The first kappa shape index (κ1) is 19.8. The minimum atomic E-state index is -3.17. The zero-order chi connectivity index (χ0) is 18.7. The van der Waals surface area contributed by atoms with Crippen molar-refractivity contribution < 1.29 is 13.2 Å². The van der Waals surface area contributed by atoms with E-state index in [1.54, 1.807) is 4.31 Å². The van der Waals surface area contributed by atoms with Crippen LogP contribution in [0.2, 0.25) is 0 Å². The van der Waals surface area contributed by atoms with Crippen LogP contribution in [0.15, 0.2) is 22.7 Å². The largest absolute Gasteiger partial charge is 0.312 e. The summed E-state index contributed by atoms with van der Waals surface area (Å²) in [6, 6.07) is 6.09. The number of nitrogens with zero attached hydrogens (tertiary/aromatic N) is 2.